The van der Waals surface area contributed by atoms with E-state index in [4.69, 9.17) is 17.0 Å². The van der Waals surface area contributed by atoms with Crippen LogP contribution in [0.1, 0.15) is 12.5 Å². The first-order chi connectivity index (χ1) is 5.83. The van der Waals surface area contributed by atoms with Gasteiger partial charge >= 0.3 is 0 Å². The third kappa shape index (κ3) is 3.01. The minimum atomic E-state index is 0.658. The van der Waals surface area contributed by atoms with Crippen LogP contribution in [0.25, 0.3) is 0 Å². The highest BCUT2D eigenvalue weighted by atomic mass is 32.1. The molecule has 0 radical (unpaired) electrons. The Kier molecular flexibility index (Phi) is 3.74. The van der Waals surface area contributed by atoms with Gasteiger partial charge in [-0.25, -0.2) is 0 Å². The molecule has 0 saturated carbocycles. The zero-order valence-electron chi connectivity index (χ0n) is 7.12. The van der Waals surface area contributed by atoms with E-state index in [-0.39, 0.29) is 0 Å². The van der Waals surface area contributed by atoms with E-state index in [0.717, 1.165) is 6.42 Å². The predicted octanol–water partition coefficient (Wildman–Crippen LogP) is 2.59. The van der Waals surface area contributed by atoms with Gasteiger partial charge in [0.05, 0.1) is 6.61 Å². The Labute approximate surface area is 78.4 Å². The van der Waals surface area contributed by atoms with Gasteiger partial charge in [0.25, 0.3) is 0 Å². The highest BCUT2D eigenvalue weighted by Gasteiger charge is 1.97. The van der Waals surface area contributed by atoms with Gasteiger partial charge in [0.15, 0.2) is 5.05 Å². The molecule has 0 heterocycles. The molecule has 0 amide bonds. The second kappa shape index (κ2) is 4.88. The fourth-order valence-electron chi connectivity index (χ4n) is 0.975. The first kappa shape index (κ1) is 9.20. The first-order valence-electron chi connectivity index (χ1n) is 4.02. The molecule has 0 unspecified atom stereocenters. The van der Waals surface area contributed by atoms with Crippen molar-refractivity contribution in [3.63, 3.8) is 0 Å². The minimum Gasteiger partial charge on any atom is -0.487 e. The van der Waals surface area contributed by atoms with Gasteiger partial charge in [-0.2, -0.15) is 0 Å². The van der Waals surface area contributed by atoms with Crippen LogP contribution in [0.2, 0.25) is 0 Å². The lowest BCUT2D eigenvalue weighted by Crippen LogP contribution is -2.04. The van der Waals surface area contributed by atoms with Crippen molar-refractivity contribution >= 4 is 17.3 Å². The van der Waals surface area contributed by atoms with E-state index in [2.05, 4.69) is 0 Å². The lowest BCUT2D eigenvalue weighted by molar-refractivity contribution is 0.330. The van der Waals surface area contributed by atoms with E-state index in [1.807, 2.05) is 37.3 Å². The van der Waals surface area contributed by atoms with Crippen LogP contribution < -0.4 is 0 Å². The fourth-order valence-corrected chi connectivity index (χ4v) is 1.26. The van der Waals surface area contributed by atoms with E-state index in [1.54, 1.807) is 0 Å². The van der Waals surface area contributed by atoms with Crippen molar-refractivity contribution in [1.29, 1.82) is 0 Å². The van der Waals surface area contributed by atoms with E-state index >= 15 is 0 Å². The first-order valence-corrected chi connectivity index (χ1v) is 4.43. The molecule has 0 bridgehead atoms. The van der Waals surface area contributed by atoms with Crippen molar-refractivity contribution in [2.24, 2.45) is 0 Å². The molecule has 0 saturated heterocycles. The quantitative estimate of drug-likeness (QED) is 0.661. The van der Waals surface area contributed by atoms with E-state index < -0.39 is 0 Å². The number of benzene rings is 1. The molecule has 2 heteroatoms. The average molecular weight is 180 g/mol. The van der Waals surface area contributed by atoms with Crippen LogP contribution >= 0.6 is 12.2 Å². The standard InChI is InChI=1S/C10H12OS/c1-2-11-10(12)8-9-6-4-3-5-7-9/h3-7H,2,8H2,1H3. The molecule has 12 heavy (non-hydrogen) atoms. The van der Waals surface area contributed by atoms with Crippen LogP contribution in [0.4, 0.5) is 0 Å². The van der Waals surface area contributed by atoms with Crippen molar-refractivity contribution in [2.45, 2.75) is 13.3 Å². The Morgan fingerprint density at radius 3 is 2.58 bits per heavy atom. The van der Waals surface area contributed by atoms with Gasteiger partial charge in [0.2, 0.25) is 0 Å². The number of hydrogen-bond acceptors (Lipinski definition) is 2. The van der Waals surface area contributed by atoms with Gasteiger partial charge < -0.3 is 4.74 Å². The summed E-state index contributed by atoms with van der Waals surface area (Å²) in [5, 5.41) is 0.670. The van der Waals surface area contributed by atoms with Crippen molar-refractivity contribution < 1.29 is 4.74 Å². The number of ether oxygens (including phenoxy) is 1. The molecule has 0 atom stereocenters. The Hall–Kier alpha value is -0.890. The Bertz CT molecular complexity index is 243. The van der Waals surface area contributed by atoms with Crippen molar-refractivity contribution in [1.82, 2.24) is 0 Å². The molecule has 0 N–H and O–H groups in total. The zero-order chi connectivity index (χ0) is 8.81. The number of rotatable bonds is 3. The summed E-state index contributed by atoms with van der Waals surface area (Å²) in [6, 6.07) is 10.1. The van der Waals surface area contributed by atoms with E-state index in [1.165, 1.54) is 5.56 Å². The molecule has 0 spiro atoms. The summed E-state index contributed by atoms with van der Waals surface area (Å²) in [7, 11) is 0. The maximum Gasteiger partial charge on any atom is 0.164 e. The van der Waals surface area contributed by atoms with Crippen LogP contribution in [0.15, 0.2) is 30.3 Å². The highest BCUT2D eigenvalue weighted by Crippen LogP contribution is 2.01. The largest absolute Gasteiger partial charge is 0.487 e. The number of thiocarbonyl (C=S) groups is 1. The molecular weight excluding hydrogens is 168 g/mol. The predicted molar refractivity (Wildman–Crippen MR) is 54.4 cm³/mol. The normalized spacial score (nSPS) is 9.42. The van der Waals surface area contributed by atoms with Crippen LogP contribution in [-0.2, 0) is 11.2 Å². The van der Waals surface area contributed by atoms with Crippen LogP contribution in [0.3, 0.4) is 0 Å². The maximum absolute atomic E-state index is 5.18. The van der Waals surface area contributed by atoms with Gasteiger partial charge in [0.1, 0.15) is 0 Å². The molecule has 1 aromatic rings. The smallest absolute Gasteiger partial charge is 0.164 e. The molecule has 1 rings (SSSR count). The number of hydrogen-bond donors (Lipinski definition) is 0. The Morgan fingerprint density at radius 2 is 2.00 bits per heavy atom. The molecule has 64 valence electrons. The van der Waals surface area contributed by atoms with Gasteiger partial charge in [0, 0.05) is 6.42 Å². The summed E-state index contributed by atoms with van der Waals surface area (Å²) < 4.78 is 5.18. The molecule has 0 fully saturated rings. The Balaban J connectivity index is 2.47. The Morgan fingerprint density at radius 1 is 1.33 bits per heavy atom. The van der Waals surface area contributed by atoms with Gasteiger partial charge in [-0.1, -0.05) is 30.3 Å². The topological polar surface area (TPSA) is 9.23 Å². The maximum atomic E-state index is 5.18. The van der Waals surface area contributed by atoms with Crippen molar-refractivity contribution in [3.8, 4) is 0 Å². The molecule has 0 aromatic heterocycles. The van der Waals surface area contributed by atoms with Crippen molar-refractivity contribution in [3.05, 3.63) is 35.9 Å². The third-order valence-electron chi connectivity index (χ3n) is 1.50. The lowest BCUT2D eigenvalue weighted by atomic mass is 10.2. The lowest BCUT2D eigenvalue weighted by Gasteiger charge is -2.03. The highest BCUT2D eigenvalue weighted by molar-refractivity contribution is 7.80. The molecular formula is C10H12OS. The van der Waals surface area contributed by atoms with Crippen LogP contribution in [0.5, 0.6) is 0 Å². The summed E-state index contributed by atoms with van der Waals surface area (Å²) in [5.74, 6) is 0. The van der Waals surface area contributed by atoms with Crippen LogP contribution in [-0.4, -0.2) is 11.7 Å². The molecule has 1 aromatic carbocycles. The average Bonchev–Trinajstić information content (AvgIpc) is 2.06. The summed E-state index contributed by atoms with van der Waals surface area (Å²) >= 11 is 5.01. The molecule has 1 nitrogen and oxygen atoms in total. The zero-order valence-corrected chi connectivity index (χ0v) is 7.93. The van der Waals surface area contributed by atoms with Crippen LogP contribution in [0, 0.1) is 0 Å². The second-order valence-electron chi connectivity index (χ2n) is 2.47. The molecule has 0 aliphatic carbocycles. The van der Waals surface area contributed by atoms with Gasteiger partial charge in [-0.05, 0) is 24.7 Å². The summed E-state index contributed by atoms with van der Waals surface area (Å²) in [4.78, 5) is 0. The summed E-state index contributed by atoms with van der Waals surface area (Å²) in [5.41, 5.74) is 1.20. The summed E-state index contributed by atoms with van der Waals surface area (Å²) in [6.07, 6.45) is 0.740. The van der Waals surface area contributed by atoms with Gasteiger partial charge in [-0.3, -0.25) is 0 Å². The second-order valence-corrected chi connectivity index (χ2v) is 2.92. The SMILES string of the molecule is CCOC(=S)Cc1ccccc1. The summed E-state index contributed by atoms with van der Waals surface area (Å²) in [6.45, 7) is 2.60. The van der Waals surface area contributed by atoms with Crippen molar-refractivity contribution in [2.75, 3.05) is 6.61 Å². The minimum absolute atomic E-state index is 0.658. The van der Waals surface area contributed by atoms with E-state index in [0.29, 0.717) is 11.7 Å². The van der Waals surface area contributed by atoms with E-state index in [9.17, 15) is 0 Å². The monoisotopic (exact) mass is 180 g/mol. The molecule has 0 aliphatic rings. The van der Waals surface area contributed by atoms with Gasteiger partial charge in [-0.15, -0.1) is 0 Å². The third-order valence-corrected chi connectivity index (χ3v) is 1.76. The fraction of sp³-hybridized carbons (Fsp3) is 0.300. The molecule has 0 aliphatic heterocycles.